The molecule has 0 atom stereocenters. The number of piperidine rings is 3. The van der Waals surface area contributed by atoms with E-state index in [0.29, 0.717) is 23.6 Å². The number of allylic oxidation sites excluding steroid dienone is 1. The van der Waals surface area contributed by atoms with Gasteiger partial charge >= 0.3 is 0 Å². The van der Waals surface area contributed by atoms with E-state index in [1.807, 2.05) is 6.92 Å². The third-order valence-corrected chi connectivity index (χ3v) is 4.26. The summed E-state index contributed by atoms with van der Waals surface area (Å²) < 4.78 is 5.53. The van der Waals surface area contributed by atoms with Gasteiger partial charge in [0.2, 0.25) is 0 Å². The zero-order valence-electron chi connectivity index (χ0n) is 12.4. The van der Waals surface area contributed by atoms with Crippen LogP contribution in [0.15, 0.2) is 23.9 Å². The fraction of sp³-hybridized carbons (Fsp3) is 0.438. The van der Waals surface area contributed by atoms with Crippen molar-refractivity contribution in [2.24, 2.45) is 5.92 Å². The van der Waals surface area contributed by atoms with E-state index in [4.69, 9.17) is 4.74 Å². The Kier molecular flexibility index (Phi) is 3.83. The third kappa shape index (κ3) is 2.56. The Hall–Kier alpha value is -2.37. The van der Waals surface area contributed by atoms with Crippen molar-refractivity contribution in [1.82, 2.24) is 4.90 Å². The minimum Gasteiger partial charge on any atom is -0.493 e. The zero-order valence-corrected chi connectivity index (χ0v) is 12.4. The molecule has 3 aliphatic rings. The number of nitrogens with zero attached hydrogens (tertiary/aromatic N) is 2. The quantitative estimate of drug-likeness (QED) is 0.485. The van der Waals surface area contributed by atoms with Gasteiger partial charge in [0.15, 0.2) is 5.78 Å². The van der Waals surface area contributed by atoms with Crippen LogP contribution in [0.2, 0.25) is 0 Å². The van der Waals surface area contributed by atoms with Crippen LogP contribution in [0.1, 0.15) is 25.3 Å². The van der Waals surface area contributed by atoms with Crippen molar-refractivity contribution in [2.75, 3.05) is 19.7 Å². The maximum Gasteiger partial charge on any atom is 0.270 e. The summed E-state index contributed by atoms with van der Waals surface area (Å²) in [6.45, 7) is 4.08. The molecule has 1 aromatic rings. The van der Waals surface area contributed by atoms with Crippen LogP contribution in [0.5, 0.6) is 5.75 Å². The molecule has 2 bridgehead atoms. The van der Waals surface area contributed by atoms with Crippen LogP contribution in [0.4, 0.5) is 5.69 Å². The maximum absolute atomic E-state index is 12.4. The lowest BCUT2D eigenvalue weighted by Gasteiger charge is -2.41. The van der Waals surface area contributed by atoms with Crippen LogP contribution >= 0.6 is 0 Å². The number of carbonyl (C=O) groups excluding carboxylic acids is 1. The van der Waals surface area contributed by atoms with E-state index in [2.05, 4.69) is 4.90 Å². The SMILES string of the molecule is CCOc1ccc([N+](=O)[O-])cc1/C=C1\C(=O)C2CCN1CC2. The molecular weight excluding hydrogens is 284 g/mol. The van der Waals surface area contributed by atoms with E-state index in [-0.39, 0.29) is 17.4 Å². The van der Waals surface area contributed by atoms with Crippen molar-refractivity contribution in [3.8, 4) is 5.75 Å². The van der Waals surface area contributed by atoms with Gasteiger partial charge < -0.3 is 9.64 Å². The number of non-ortho nitro benzene ring substituents is 1. The van der Waals surface area contributed by atoms with E-state index in [1.54, 1.807) is 12.1 Å². The summed E-state index contributed by atoms with van der Waals surface area (Å²) >= 11 is 0. The predicted molar refractivity (Wildman–Crippen MR) is 81.5 cm³/mol. The van der Waals surface area contributed by atoms with E-state index < -0.39 is 4.92 Å². The number of hydrogen-bond acceptors (Lipinski definition) is 5. The molecule has 3 aliphatic heterocycles. The average molecular weight is 302 g/mol. The molecule has 22 heavy (non-hydrogen) atoms. The lowest BCUT2D eigenvalue weighted by molar-refractivity contribution is -0.384. The number of ketones is 1. The highest BCUT2D eigenvalue weighted by atomic mass is 16.6. The van der Waals surface area contributed by atoms with Crippen LogP contribution in [0, 0.1) is 16.0 Å². The number of ether oxygens (including phenoxy) is 1. The minimum atomic E-state index is -0.438. The molecule has 0 unspecified atom stereocenters. The number of rotatable bonds is 4. The highest BCUT2D eigenvalue weighted by Gasteiger charge is 2.36. The Morgan fingerprint density at radius 1 is 1.41 bits per heavy atom. The van der Waals surface area contributed by atoms with Gasteiger partial charge in [0.05, 0.1) is 17.2 Å². The van der Waals surface area contributed by atoms with Crippen LogP contribution in [-0.2, 0) is 4.79 Å². The number of fused-ring (bicyclic) bond motifs is 3. The van der Waals surface area contributed by atoms with Gasteiger partial charge in [0.1, 0.15) is 5.75 Å². The normalized spacial score (nSPS) is 19.8. The van der Waals surface area contributed by atoms with E-state index >= 15 is 0 Å². The van der Waals surface area contributed by atoms with E-state index in [9.17, 15) is 14.9 Å². The summed E-state index contributed by atoms with van der Waals surface area (Å²) in [5.41, 5.74) is 1.25. The summed E-state index contributed by atoms with van der Waals surface area (Å²) in [4.78, 5) is 25.0. The Morgan fingerprint density at radius 2 is 2.14 bits per heavy atom. The van der Waals surface area contributed by atoms with Gasteiger partial charge in [-0.3, -0.25) is 14.9 Å². The van der Waals surface area contributed by atoms with Crippen molar-refractivity contribution in [3.63, 3.8) is 0 Å². The van der Waals surface area contributed by atoms with Gasteiger partial charge in [0.25, 0.3) is 5.69 Å². The lowest BCUT2D eigenvalue weighted by Crippen LogP contribution is -2.45. The standard InChI is InChI=1S/C16H18N2O4/c1-2-22-15-4-3-13(18(20)21)9-12(15)10-14-16(19)11-5-7-17(14)8-6-11/h3-4,9-11H,2,5-8H2,1H3/b14-10+. The van der Waals surface area contributed by atoms with Gasteiger partial charge in [-0.15, -0.1) is 0 Å². The second-order valence-corrected chi connectivity index (χ2v) is 5.57. The van der Waals surface area contributed by atoms with Crippen LogP contribution < -0.4 is 4.74 Å². The summed E-state index contributed by atoms with van der Waals surface area (Å²) in [6.07, 6.45) is 3.55. The number of nitro benzene ring substituents is 1. The second kappa shape index (κ2) is 5.79. The molecule has 0 radical (unpaired) electrons. The number of benzene rings is 1. The summed E-state index contributed by atoms with van der Waals surface area (Å²) in [5, 5.41) is 11.0. The van der Waals surface area contributed by atoms with Gasteiger partial charge in [-0.05, 0) is 31.9 Å². The van der Waals surface area contributed by atoms with Gasteiger partial charge in [-0.2, -0.15) is 0 Å². The molecule has 3 heterocycles. The minimum absolute atomic E-state index is 0.00118. The predicted octanol–water partition coefficient (Wildman–Crippen LogP) is 2.63. The fourth-order valence-corrected chi connectivity index (χ4v) is 3.11. The monoisotopic (exact) mass is 302 g/mol. The topological polar surface area (TPSA) is 72.7 Å². The average Bonchev–Trinajstić information content (AvgIpc) is 2.52. The summed E-state index contributed by atoms with van der Waals surface area (Å²) in [7, 11) is 0. The Balaban J connectivity index is 2.02. The molecule has 0 aromatic heterocycles. The van der Waals surface area contributed by atoms with Gasteiger partial charge in [-0.1, -0.05) is 0 Å². The molecule has 1 aromatic carbocycles. The van der Waals surface area contributed by atoms with E-state index in [0.717, 1.165) is 25.9 Å². The first-order chi connectivity index (χ1) is 10.6. The van der Waals surface area contributed by atoms with Crippen LogP contribution in [0.25, 0.3) is 6.08 Å². The molecule has 0 saturated carbocycles. The molecule has 0 N–H and O–H groups in total. The van der Waals surface area contributed by atoms with Gasteiger partial charge in [-0.25, -0.2) is 0 Å². The second-order valence-electron chi connectivity index (χ2n) is 5.57. The van der Waals surface area contributed by atoms with Crippen molar-refractivity contribution >= 4 is 17.5 Å². The first-order valence-electron chi connectivity index (χ1n) is 7.52. The molecule has 6 heteroatoms. The third-order valence-electron chi connectivity index (χ3n) is 4.26. The molecule has 0 amide bonds. The first-order valence-corrected chi connectivity index (χ1v) is 7.52. The zero-order chi connectivity index (χ0) is 15.7. The molecule has 3 saturated heterocycles. The molecule has 0 spiro atoms. The number of carbonyl (C=O) groups is 1. The maximum atomic E-state index is 12.4. The van der Waals surface area contributed by atoms with Crippen molar-refractivity contribution < 1.29 is 14.5 Å². The molecule has 3 fully saturated rings. The Morgan fingerprint density at radius 3 is 2.73 bits per heavy atom. The number of nitro groups is 1. The van der Waals surface area contributed by atoms with Crippen molar-refractivity contribution in [2.45, 2.75) is 19.8 Å². The van der Waals surface area contributed by atoms with Crippen LogP contribution in [0.3, 0.4) is 0 Å². The number of hydrogen-bond donors (Lipinski definition) is 0. The van der Waals surface area contributed by atoms with Gasteiger partial charge in [0, 0.05) is 36.7 Å². The highest BCUT2D eigenvalue weighted by Crippen LogP contribution is 2.34. The largest absolute Gasteiger partial charge is 0.493 e. The van der Waals surface area contributed by atoms with Crippen molar-refractivity contribution in [3.05, 3.63) is 39.6 Å². The Labute approximate surface area is 128 Å². The van der Waals surface area contributed by atoms with Crippen LogP contribution in [-0.4, -0.2) is 35.3 Å². The number of Topliss-reactive ketones (excluding diaryl/α,β-unsaturated/α-hetero) is 1. The van der Waals surface area contributed by atoms with Crippen molar-refractivity contribution in [1.29, 1.82) is 0 Å². The molecule has 116 valence electrons. The summed E-state index contributed by atoms with van der Waals surface area (Å²) in [5.74, 6) is 0.813. The molecule has 0 aliphatic carbocycles. The Bertz CT molecular complexity index is 646. The first kappa shape index (κ1) is 14.6. The molecule has 6 nitrogen and oxygen atoms in total. The lowest BCUT2D eigenvalue weighted by atomic mass is 9.84. The fourth-order valence-electron chi connectivity index (χ4n) is 3.11. The smallest absolute Gasteiger partial charge is 0.270 e. The van der Waals surface area contributed by atoms with E-state index in [1.165, 1.54) is 12.1 Å². The molecule has 4 rings (SSSR count). The summed E-state index contributed by atoms with van der Waals surface area (Å²) in [6, 6.07) is 4.48. The highest BCUT2D eigenvalue weighted by molar-refractivity contribution is 6.02. The molecular formula is C16H18N2O4.